The number of allylic oxidation sites excluding steroid dienone is 1. The average Bonchev–Trinajstić information content (AvgIpc) is 2.40. The van der Waals surface area contributed by atoms with Crippen molar-refractivity contribution in [1.29, 1.82) is 0 Å². The minimum Gasteiger partial charge on any atom is -0.425 e. The van der Waals surface area contributed by atoms with Crippen LogP contribution in [0.5, 0.6) is 0 Å². The van der Waals surface area contributed by atoms with E-state index in [-0.39, 0.29) is 5.97 Å². The summed E-state index contributed by atoms with van der Waals surface area (Å²) in [5.74, 6) is 0.407. The van der Waals surface area contributed by atoms with Gasteiger partial charge in [-0.3, -0.25) is 4.79 Å². The summed E-state index contributed by atoms with van der Waals surface area (Å²) in [7, 11) is 0. The molecule has 0 N–H and O–H groups in total. The predicted molar refractivity (Wildman–Crippen MR) is 67.0 cm³/mol. The third kappa shape index (κ3) is 2.35. The van der Waals surface area contributed by atoms with Gasteiger partial charge in [-0.25, -0.2) is 0 Å². The number of carbonyl (C=O) groups excluding carboxylic acids is 1. The van der Waals surface area contributed by atoms with Crippen LogP contribution in [0.1, 0.15) is 30.9 Å². The first-order chi connectivity index (χ1) is 7.68. The molecule has 2 nitrogen and oxygen atoms in total. The molecule has 1 aliphatic carbocycles. The monoisotopic (exact) mass is 280 g/mol. The van der Waals surface area contributed by atoms with E-state index in [1.807, 2.05) is 18.2 Å². The van der Waals surface area contributed by atoms with Gasteiger partial charge in [0.15, 0.2) is 0 Å². The Bertz CT molecular complexity index is 449. The third-order valence-corrected chi connectivity index (χ3v) is 3.35. The van der Waals surface area contributed by atoms with Crippen LogP contribution in [0.4, 0.5) is 0 Å². The number of benzene rings is 1. The first-order valence-electron chi connectivity index (χ1n) is 5.34. The quantitative estimate of drug-likeness (QED) is 0.734. The van der Waals surface area contributed by atoms with E-state index in [1.54, 1.807) is 0 Å². The lowest BCUT2D eigenvalue weighted by molar-refractivity contribution is -0.134. The number of halogens is 1. The van der Waals surface area contributed by atoms with Crippen LogP contribution in [-0.4, -0.2) is 5.97 Å². The van der Waals surface area contributed by atoms with Gasteiger partial charge in [-0.1, -0.05) is 40.2 Å². The van der Waals surface area contributed by atoms with E-state index in [1.165, 1.54) is 12.5 Å². The fourth-order valence-corrected chi connectivity index (χ4v) is 2.48. The molecule has 0 unspecified atom stereocenters. The second kappa shape index (κ2) is 4.83. The maximum atomic E-state index is 11.1. The summed E-state index contributed by atoms with van der Waals surface area (Å²) >= 11 is 3.51. The van der Waals surface area contributed by atoms with Crippen LogP contribution in [0, 0.1) is 0 Å². The number of hydrogen-bond acceptors (Lipinski definition) is 2. The fourth-order valence-electron chi connectivity index (χ4n) is 1.91. The highest BCUT2D eigenvalue weighted by Crippen LogP contribution is 2.33. The minimum absolute atomic E-state index is 0.274. The molecule has 0 bridgehead atoms. The van der Waals surface area contributed by atoms with Crippen LogP contribution in [0.3, 0.4) is 0 Å². The van der Waals surface area contributed by atoms with Crippen molar-refractivity contribution in [3.05, 3.63) is 39.9 Å². The molecule has 0 atom stereocenters. The normalized spacial score (nSPS) is 15.4. The molecule has 0 fully saturated rings. The van der Waals surface area contributed by atoms with Crippen molar-refractivity contribution >= 4 is 27.7 Å². The second-order valence-electron chi connectivity index (χ2n) is 3.84. The lowest BCUT2D eigenvalue weighted by Gasteiger charge is -2.10. The summed E-state index contributed by atoms with van der Waals surface area (Å²) in [6, 6.07) is 8.07. The molecule has 3 heteroatoms. The smallest absolute Gasteiger partial charge is 0.308 e. The second-order valence-corrected chi connectivity index (χ2v) is 4.80. The number of aryl methyl sites for hydroxylation is 1. The zero-order chi connectivity index (χ0) is 11.5. The Balaban J connectivity index is 2.49. The average molecular weight is 281 g/mol. The molecule has 84 valence electrons. The Labute approximate surface area is 103 Å². The summed E-state index contributed by atoms with van der Waals surface area (Å²) in [5.41, 5.74) is 2.27. The Hall–Kier alpha value is -1.09. The number of fused-ring (bicyclic) bond motifs is 1. The fraction of sp³-hybridized carbons (Fsp3) is 0.308. The lowest BCUT2D eigenvalue weighted by Crippen LogP contribution is -2.01. The first-order valence-corrected chi connectivity index (χ1v) is 6.13. The van der Waals surface area contributed by atoms with Crippen LogP contribution < -0.4 is 0 Å². The highest BCUT2D eigenvalue weighted by molar-refractivity contribution is 9.11. The van der Waals surface area contributed by atoms with Gasteiger partial charge >= 0.3 is 5.97 Å². The highest BCUT2D eigenvalue weighted by atomic mass is 79.9. The standard InChI is InChI=1S/C13H13BrO2/c1-9(15)16-13-11-7-3-2-5-10(11)6-4-8-12(13)14/h2-3,5,7H,4,6,8H2,1H3. The number of esters is 1. The van der Waals surface area contributed by atoms with Crippen molar-refractivity contribution in [3.63, 3.8) is 0 Å². The van der Waals surface area contributed by atoms with Crippen LogP contribution in [-0.2, 0) is 16.0 Å². The maximum Gasteiger partial charge on any atom is 0.308 e. The van der Waals surface area contributed by atoms with E-state index in [0.717, 1.165) is 29.3 Å². The van der Waals surface area contributed by atoms with Gasteiger partial charge in [0.05, 0.1) is 0 Å². The molecule has 0 saturated heterocycles. The minimum atomic E-state index is -0.274. The van der Waals surface area contributed by atoms with Gasteiger partial charge in [0.1, 0.15) is 5.76 Å². The molecule has 0 amide bonds. The van der Waals surface area contributed by atoms with Gasteiger partial charge in [0.2, 0.25) is 0 Å². The van der Waals surface area contributed by atoms with Gasteiger partial charge in [-0.2, -0.15) is 0 Å². The first kappa shape index (κ1) is 11.4. The van der Waals surface area contributed by atoms with Crippen molar-refractivity contribution in [1.82, 2.24) is 0 Å². The van der Waals surface area contributed by atoms with Gasteiger partial charge in [0.25, 0.3) is 0 Å². The number of rotatable bonds is 1. The van der Waals surface area contributed by atoms with E-state index < -0.39 is 0 Å². The van der Waals surface area contributed by atoms with Crippen molar-refractivity contribution in [2.45, 2.75) is 26.2 Å². The molecule has 0 aliphatic heterocycles. The van der Waals surface area contributed by atoms with Crippen molar-refractivity contribution < 1.29 is 9.53 Å². The van der Waals surface area contributed by atoms with Crippen LogP contribution >= 0.6 is 15.9 Å². The molecule has 1 aromatic carbocycles. The van der Waals surface area contributed by atoms with E-state index in [0.29, 0.717) is 5.76 Å². The van der Waals surface area contributed by atoms with Gasteiger partial charge in [-0.15, -0.1) is 0 Å². The Kier molecular flexibility index (Phi) is 3.44. The summed E-state index contributed by atoms with van der Waals surface area (Å²) in [6.45, 7) is 1.43. The summed E-state index contributed by atoms with van der Waals surface area (Å²) in [6.07, 6.45) is 3.01. The molecular weight excluding hydrogens is 268 g/mol. The van der Waals surface area contributed by atoms with Crippen LogP contribution in [0.25, 0.3) is 5.76 Å². The Morgan fingerprint density at radius 1 is 1.31 bits per heavy atom. The van der Waals surface area contributed by atoms with E-state index >= 15 is 0 Å². The molecule has 2 rings (SSSR count). The molecule has 0 aromatic heterocycles. The van der Waals surface area contributed by atoms with Gasteiger partial charge in [-0.05, 0) is 24.8 Å². The molecule has 0 radical (unpaired) electrons. The molecule has 0 saturated carbocycles. The summed E-state index contributed by atoms with van der Waals surface area (Å²) in [4.78, 5) is 11.1. The summed E-state index contributed by atoms with van der Waals surface area (Å²) in [5, 5.41) is 0. The number of ether oxygens (including phenoxy) is 1. The maximum absolute atomic E-state index is 11.1. The van der Waals surface area contributed by atoms with E-state index in [4.69, 9.17) is 4.74 Å². The van der Waals surface area contributed by atoms with Crippen molar-refractivity contribution in [2.24, 2.45) is 0 Å². The van der Waals surface area contributed by atoms with E-state index in [9.17, 15) is 4.79 Å². The highest BCUT2D eigenvalue weighted by Gasteiger charge is 2.18. The largest absolute Gasteiger partial charge is 0.425 e. The van der Waals surface area contributed by atoms with Crippen LogP contribution in [0.2, 0.25) is 0 Å². The van der Waals surface area contributed by atoms with Crippen molar-refractivity contribution in [3.8, 4) is 0 Å². The number of hydrogen-bond donors (Lipinski definition) is 0. The summed E-state index contributed by atoms with van der Waals surface area (Å²) < 4.78 is 6.28. The zero-order valence-electron chi connectivity index (χ0n) is 9.13. The van der Waals surface area contributed by atoms with Crippen LogP contribution in [0.15, 0.2) is 28.7 Å². The van der Waals surface area contributed by atoms with Gasteiger partial charge < -0.3 is 4.74 Å². The molecule has 0 spiro atoms. The third-order valence-electron chi connectivity index (χ3n) is 2.60. The van der Waals surface area contributed by atoms with Crippen molar-refractivity contribution in [2.75, 3.05) is 0 Å². The molecule has 1 aliphatic rings. The number of carbonyl (C=O) groups is 1. The molecule has 1 aromatic rings. The zero-order valence-corrected chi connectivity index (χ0v) is 10.7. The molecule has 0 heterocycles. The molecule has 16 heavy (non-hydrogen) atoms. The molecular formula is C13H13BrO2. The van der Waals surface area contributed by atoms with Gasteiger partial charge in [0, 0.05) is 17.0 Å². The van der Waals surface area contributed by atoms with E-state index in [2.05, 4.69) is 22.0 Å². The topological polar surface area (TPSA) is 26.3 Å². The SMILES string of the molecule is CC(=O)OC1=C(Br)CCCc2ccccc21. The predicted octanol–water partition coefficient (Wildman–Crippen LogP) is 3.65. The lowest BCUT2D eigenvalue weighted by atomic mass is 10.0. The Morgan fingerprint density at radius 3 is 2.81 bits per heavy atom. The Morgan fingerprint density at radius 2 is 2.06 bits per heavy atom.